The van der Waals surface area contributed by atoms with Gasteiger partial charge < -0.3 is 0 Å². The first-order valence-corrected chi connectivity index (χ1v) is 6.24. The van der Waals surface area contributed by atoms with Gasteiger partial charge in [-0.3, -0.25) is 9.97 Å². The number of aromatic nitrogens is 2. The molecule has 1 aromatic heterocycles. The van der Waals surface area contributed by atoms with Crippen molar-refractivity contribution in [3.8, 4) is 11.1 Å². The summed E-state index contributed by atoms with van der Waals surface area (Å²) in [5.74, 6) is 0. The number of rotatable bonds is 0. The van der Waals surface area contributed by atoms with Crippen LogP contribution in [0.5, 0.6) is 0 Å². The molecule has 0 saturated carbocycles. The van der Waals surface area contributed by atoms with E-state index in [0.29, 0.717) is 0 Å². The molecule has 18 heavy (non-hydrogen) atoms. The van der Waals surface area contributed by atoms with Gasteiger partial charge in [0.1, 0.15) is 0 Å². The van der Waals surface area contributed by atoms with Crippen molar-refractivity contribution in [1.29, 1.82) is 0 Å². The average Bonchev–Trinajstić information content (AvgIpc) is 2.46. The van der Waals surface area contributed by atoms with Crippen molar-refractivity contribution >= 4 is 11.0 Å². The van der Waals surface area contributed by atoms with Crippen LogP contribution in [-0.4, -0.2) is 9.97 Å². The standard InChI is InChI=1S/C16H12N2/c1-2-4-12-11(3-1)5-6-14-13(12)7-8-15-16(14)18-10-9-17-15/h1-4,7-10H,5-6H2. The van der Waals surface area contributed by atoms with Crippen LogP contribution in [0.3, 0.4) is 0 Å². The van der Waals surface area contributed by atoms with Crippen LogP contribution in [0.15, 0.2) is 48.8 Å². The van der Waals surface area contributed by atoms with Crippen LogP contribution in [0, 0.1) is 0 Å². The molecule has 0 saturated heterocycles. The van der Waals surface area contributed by atoms with Gasteiger partial charge in [-0.05, 0) is 41.2 Å². The van der Waals surface area contributed by atoms with E-state index >= 15 is 0 Å². The highest BCUT2D eigenvalue weighted by Crippen LogP contribution is 2.35. The number of fused-ring (bicyclic) bond motifs is 5. The quantitative estimate of drug-likeness (QED) is 0.593. The number of benzene rings is 2. The van der Waals surface area contributed by atoms with Crippen LogP contribution in [0.1, 0.15) is 11.1 Å². The summed E-state index contributed by atoms with van der Waals surface area (Å²) in [6.07, 6.45) is 5.69. The molecule has 0 bridgehead atoms. The van der Waals surface area contributed by atoms with Crippen LogP contribution in [0.2, 0.25) is 0 Å². The summed E-state index contributed by atoms with van der Waals surface area (Å²) >= 11 is 0. The van der Waals surface area contributed by atoms with Crippen molar-refractivity contribution in [3.63, 3.8) is 0 Å². The summed E-state index contributed by atoms with van der Waals surface area (Å²) < 4.78 is 0. The van der Waals surface area contributed by atoms with E-state index in [4.69, 9.17) is 0 Å². The Morgan fingerprint density at radius 3 is 2.67 bits per heavy atom. The van der Waals surface area contributed by atoms with E-state index in [1.807, 2.05) is 0 Å². The molecule has 0 aliphatic heterocycles. The summed E-state index contributed by atoms with van der Waals surface area (Å²) in [5, 5.41) is 0. The first-order valence-electron chi connectivity index (χ1n) is 6.24. The molecule has 1 aliphatic carbocycles. The van der Waals surface area contributed by atoms with Crippen molar-refractivity contribution < 1.29 is 0 Å². The van der Waals surface area contributed by atoms with Gasteiger partial charge in [0, 0.05) is 12.4 Å². The molecule has 0 atom stereocenters. The van der Waals surface area contributed by atoms with Crippen molar-refractivity contribution in [2.45, 2.75) is 12.8 Å². The molecule has 2 nitrogen and oxygen atoms in total. The Hall–Kier alpha value is -2.22. The Labute approximate surface area is 105 Å². The molecule has 3 aromatic rings. The first-order chi connectivity index (χ1) is 8.93. The molecular formula is C16H12N2. The lowest BCUT2D eigenvalue weighted by molar-refractivity contribution is 0.946. The summed E-state index contributed by atoms with van der Waals surface area (Å²) in [4.78, 5) is 8.89. The van der Waals surface area contributed by atoms with E-state index in [-0.39, 0.29) is 0 Å². The zero-order valence-corrected chi connectivity index (χ0v) is 9.93. The third-order valence-corrected chi connectivity index (χ3v) is 3.70. The van der Waals surface area contributed by atoms with E-state index < -0.39 is 0 Å². The highest BCUT2D eigenvalue weighted by atomic mass is 14.8. The van der Waals surface area contributed by atoms with Gasteiger partial charge in [0.05, 0.1) is 11.0 Å². The molecular weight excluding hydrogens is 220 g/mol. The van der Waals surface area contributed by atoms with Crippen LogP contribution in [-0.2, 0) is 12.8 Å². The van der Waals surface area contributed by atoms with Gasteiger partial charge in [-0.2, -0.15) is 0 Å². The lowest BCUT2D eigenvalue weighted by Gasteiger charge is -2.20. The van der Waals surface area contributed by atoms with Gasteiger partial charge in [-0.25, -0.2) is 0 Å². The number of hydrogen-bond donors (Lipinski definition) is 0. The fraction of sp³-hybridized carbons (Fsp3) is 0.125. The minimum atomic E-state index is 0.996. The van der Waals surface area contributed by atoms with E-state index in [1.54, 1.807) is 12.4 Å². The Bertz CT molecular complexity index is 747. The van der Waals surface area contributed by atoms with Crippen LogP contribution in [0.4, 0.5) is 0 Å². The third-order valence-electron chi connectivity index (χ3n) is 3.70. The monoisotopic (exact) mass is 232 g/mol. The average molecular weight is 232 g/mol. The molecule has 0 N–H and O–H groups in total. The molecule has 2 heteroatoms. The molecule has 4 rings (SSSR count). The van der Waals surface area contributed by atoms with Gasteiger partial charge in [0.25, 0.3) is 0 Å². The first kappa shape index (κ1) is 9.77. The number of hydrogen-bond acceptors (Lipinski definition) is 2. The van der Waals surface area contributed by atoms with Crippen LogP contribution in [0.25, 0.3) is 22.2 Å². The summed E-state index contributed by atoms with van der Waals surface area (Å²) in [7, 11) is 0. The SMILES string of the molecule is c1ccc2c(c1)CCc1c-2ccc2nccnc12. The zero-order valence-electron chi connectivity index (χ0n) is 9.93. The number of aryl methyl sites for hydroxylation is 2. The largest absolute Gasteiger partial charge is 0.253 e. The Balaban J connectivity index is 2.09. The fourth-order valence-electron chi connectivity index (χ4n) is 2.86. The van der Waals surface area contributed by atoms with Crippen molar-refractivity contribution in [3.05, 3.63) is 59.9 Å². The van der Waals surface area contributed by atoms with E-state index in [9.17, 15) is 0 Å². The molecule has 0 amide bonds. The molecule has 1 aliphatic rings. The van der Waals surface area contributed by atoms with Crippen molar-refractivity contribution in [1.82, 2.24) is 9.97 Å². The van der Waals surface area contributed by atoms with Gasteiger partial charge in [-0.1, -0.05) is 30.3 Å². The predicted octanol–water partition coefficient (Wildman–Crippen LogP) is 3.40. The van der Waals surface area contributed by atoms with Gasteiger partial charge in [-0.15, -0.1) is 0 Å². The fourth-order valence-corrected chi connectivity index (χ4v) is 2.86. The second kappa shape index (κ2) is 3.64. The smallest absolute Gasteiger partial charge is 0.0925 e. The molecule has 1 heterocycles. The maximum atomic E-state index is 4.50. The Morgan fingerprint density at radius 1 is 0.778 bits per heavy atom. The lowest BCUT2D eigenvalue weighted by Crippen LogP contribution is -2.05. The molecule has 2 aromatic carbocycles. The maximum Gasteiger partial charge on any atom is 0.0925 e. The van der Waals surface area contributed by atoms with E-state index in [1.165, 1.54) is 22.3 Å². The summed E-state index contributed by atoms with van der Waals surface area (Å²) in [6.45, 7) is 0. The number of nitrogens with zero attached hydrogens (tertiary/aromatic N) is 2. The Morgan fingerprint density at radius 2 is 1.67 bits per heavy atom. The molecule has 0 spiro atoms. The Kier molecular flexibility index (Phi) is 1.97. The van der Waals surface area contributed by atoms with E-state index in [2.05, 4.69) is 46.4 Å². The second-order valence-corrected chi connectivity index (χ2v) is 4.67. The van der Waals surface area contributed by atoms with Crippen LogP contribution >= 0.6 is 0 Å². The summed E-state index contributed by atoms with van der Waals surface area (Å²) in [6, 6.07) is 12.9. The normalized spacial score (nSPS) is 13.1. The summed E-state index contributed by atoms with van der Waals surface area (Å²) in [5.41, 5.74) is 7.52. The van der Waals surface area contributed by atoms with Crippen molar-refractivity contribution in [2.75, 3.05) is 0 Å². The molecule has 0 radical (unpaired) electrons. The van der Waals surface area contributed by atoms with Gasteiger partial charge in [0.2, 0.25) is 0 Å². The highest BCUT2D eigenvalue weighted by Gasteiger charge is 2.18. The minimum absolute atomic E-state index is 0.996. The lowest BCUT2D eigenvalue weighted by atomic mass is 9.85. The predicted molar refractivity (Wildman–Crippen MR) is 72.4 cm³/mol. The minimum Gasteiger partial charge on any atom is -0.253 e. The second-order valence-electron chi connectivity index (χ2n) is 4.67. The molecule has 0 fully saturated rings. The maximum absolute atomic E-state index is 4.50. The topological polar surface area (TPSA) is 25.8 Å². The zero-order chi connectivity index (χ0) is 11.9. The molecule has 0 unspecified atom stereocenters. The van der Waals surface area contributed by atoms with Gasteiger partial charge in [0.15, 0.2) is 0 Å². The third kappa shape index (κ3) is 1.29. The molecule has 86 valence electrons. The van der Waals surface area contributed by atoms with Crippen LogP contribution < -0.4 is 0 Å². The highest BCUT2D eigenvalue weighted by molar-refractivity contribution is 5.88. The van der Waals surface area contributed by atoms with Crippen molar-refractivity contribution in [2.24, 2.45) is 0 Å². The van der Waals surface area contributed by atoms with Gasteiger partial charge >= 0.3 is 0 Å². The van der Waals surface area contributed by atoms with E-state index in [0.717, 1.165) is 23.9 Å².